The summed E-state index contributed by atoms with van der Waals surface area (Å²) in [6.45, 7) is 6.96. The number of anilines is 2. The molecule has 2 aromatic carbocycles. The van der Waals surface area contributed by atoms with Crippen LogP contribution in [-0.2, 0) is 9.59 Å². The number of aromatic nitrogens is 2. The average Bonchev–Trinajstić information content (AvgIpc) is 2.74. The molecule has 0 saturated heterocycles. The molecule has 2 N–H and O–H groups in total. The molecule has 0 radical (unpaired) electrons. The summed E-state index contributed by atoms with van der Waals surface area (Å²) in [5.41, 5.74) is 3.75. The van der Waals surface area contributed by atoms with E-state index >= 15 is 0 Å². The van der Waals surface area contributed by atoms with E-state index in [-0.39, 0.29) is 17.4 Å². The van der Waals surface area contributed by atoms with Crippen LogP contribution in [0.1, 0.15) is 37.4 Å². The van der Waals surface area contributed by atoms with Gasteiger partial charge >= 0.3 is 0 Å². The third-order valence-corrected chi connectivity index (χ3v) is 5.59. The molecule has 1 unspecified atom stereocenters. The Morgan fingerprint density at radius 3 is 2.50 bits per heavy atom. The second-order valence-electron chi connectivity index (χ2n) is 7.54. The lowest BCUT2D eigenvalue weighted by molar-refractivity contribution is -0.119. The first-order valence-electron chi connectivity index (χ1n) is 10.3. The molecule has 166 valence electrons. The summed E-state index contributed by atoms with van der Waals surface area (Å²) in [7, 11) is 0. The lowest BCUT2D eigenvalue weighted by Crippen LogP contribution is -2.34. The van der Waals surface area contributed by atoms with Crippen molar-refractivity contribution in [2.45, 2.75) is 40.2 Å². The predicted molar refractivity (Wildman–Crippen MR) is 127 cm³/mol. The molecular weight excluding hydrogens is 428 g/mol. The maximum Gasteiger partial charge on any atom is 0.267 e. The molecular formula is C24H25ClN4O3. The molecule has 3 aromatic rings. The van der Waals surface area contributed by atoms with E-state index in [9.17, 15) is 14.4 Å². The lowest BCUT2D eigenvalue weighted by atomic mass is 10.1. The lowest BCUT2D eigenvalue weighted by Gasteiger charge is -2.19. The van der Waals surface area contributed by atoms with Crippen molar-refractivity contribution in [3.63, 3.8) is 0 Å². The fourth-order valence-electron chi connectivity index (χ4n) is 3.34. The number of halogens is 1. The molecule has 8 heteroatoms. The first-order valence-corrected chi connectivity index (χ1v) is 10.6. The van der Waals surface area contributed by atoms with Crippen molar-refractivity contribution in [2.24, 2.45) is 0 Å². The Balaban J connectivity index is 1.96. The van der Waals surface area contributed by atoms with Crippen LogP contribution >= 0.6 is 11.6 Å². The summed E-state index contributed by atoms with van der Waals surface area (Å²) in [6, 6.07) is 13.0. The van der Waals surface area contributed by atoms with Gasteiger partial charge in [0.2, 0.25) is 11.8 Å². The second kappa shape index (κ2) is 9.78. The van der Waals surface area contributed by atoms with Crippen LogP contribution in [0.25, 0.3) is 11.3 Å². The molecule has 1 heterocycles. The molecule has 1 aromatic heterocycles. The third kappa shape index (κ3) is 5.06. The van der Waals surface area contributed by atoms with Crippen molar-refractivity contribution in [1.29, 1.82) is 0 Å². The van der Waals surface area contributed by atoms with Crippen molar-refractivity contribution >= 4 is 34.8 Å². The molecule has 0 bridgehead atoms. The maximum absolute atomic E-state index is 13.0. The Hall–Kier alpha value is -3.45. The van der Waals surface area contributed by atoms with Gasteiger partial charge in [0.15, 0.2) is 0 Å². The fourth-order valence-corrected chi connectivity index (χ4v) is 3.51. The number of hydrogen-bond acceptors (Lipinski definition) is 4. The van der Waals surface area contributed by atoms with Crippen LogP contribution in [0.15, 0.2) is 53.3 Å². The van der Waals surface area contributed by atoms with E-state index in [1.165, 1.54) is 17.7 Å². The van der Waals surface area contributed by atoms with Crippen LogP contribution in [-0.4, -0.2) is 21.6 Å². The standard InChI is InChI=1S/C24H25ClN4O3/c1-5-22(24(32)27-19-8-6-7-18(25)15(19)3)29-23(31)12-11-20(28-29)17-10-9-14(2)21(13-17)26-16(4)30/h6-13,22H,5H2,1-4H3,(H,26,30)(H,27,32). The molecule has 2 amide bonds. The number of carbonyl (C=O) groups is 2. The Morgan fingerprint density at radius 2 is 1.81 bits per heavy atom. The Labute approximate surface area is 191 Å². The number of aryl methyl sites for hydroxylation is 1. The summed E-state index contributed by atoms with van der Waals surface area (Å²) in [5, 5.41) is 10.7. The van der Waals surface area contributed by atoms with Gasteiger partial charge in [-0.1, -0.05) is 36.7 Å². The topological polar surface area (TPSA) is 93.1 Å². The fraction of sp³-hybridized carbons (Fsp3) is 0.250. The van der Waals surface area contributed by atoms with Crippen LogP contribution in [0, 0.1) is 13.8 Å². The summed E-state index contributed by atoms with van der Waals surface area (Å²) >= 11 is 6.15. The summed E-state index contributed by atoms with van der Waals surface area (Å²) in [4.78, 5) is 37.1. The van der Waals surface area contributed by atoms with Crippen molar-refractivity contribution < 1.29 is 9.59 Å². The molecule has 3 rings (SSSR count). The quantitative estimate of drug-likeness (QED) is 0.565. The van der Waals surface area contributed by atoms with Crippen molar-refractivity contribution in [3.8, 4) is 11.3 Å². The predicted octanol–water partition coefficient (Wildman–Crippen LogP) is 4.73. The molecule has 1 atom stereocenters. The van der Waals surface area contributed by atoms with Crippen molar-refractivity contribution in [3.05, 3.63) is 75.0 Å². The van der Waals surface area contributed by atoms with E-state index in [1.54, 1.807) is 30.3 Å². The number of amides is 2. The Morgan fingerprint density at radius 1 is 1.06 bits per heavy atom. The van der Waals surface area contributed by atoms with Crippen LogP contribution < -0.4 is 16.2 Å². The van der Waals surface area contributed by atoms with Crippen LogP contribution in [0.5, 0.6) is 0 Å². The Kier molecular flexibility index (Phi) is 7.10. The number of benzene rings is 2. The number of nitrogens with one attached hydrogen (secondary N) is 2. The number of carbonyl (C=O) groups excluding carboxylic acids is 2. The highest BCUT2D eigenvalue weighted by atomic mass is 35.5. The first kappa shape index (κ1) is 23.2. The van der Waals surface area contributed by atoms with E-state index in [0.29, 0.717) is 34.1 Å². The first-order chi connectivity index (χ1) is 15.2. The van der Waals surface area contributed by atoms with Crippen LogP contribution in [0.4, 0.5) is 11.4 Å². The summed E-state index contributed by atoms with van der Waals surface area (Å²) in [6.07, 6.45) is 0.368. The number of rotatable bonds is 6. The van der Waals surface area contributed by atoms with Crippen molar-refractivity contribution in [1.82, 2.24) is 9.78 Å². The van der Waals surface area contributed by atoms with Crippen LogP contribution in [0.2, 0.25) is 5.02 Å². The molecule has 32 heavy (non-hydrogen) atoms. The molecule has 0 aliphatic carbocycles. The highest BCUT2D eigenvalue weighted by Gasteiger charge is 2.22. The Bertz CT molecular complexity index is 1240. The maximum atomic E-state index is 13.0. The molecule has 0 saturated carbocycles. The average molecular weight is 453 g/mol. The van der Waals surface area contributed by atoms with Gasteiger partial charge in [0.05, 0.1) is 5.69 Å². The largest absolute Gasteiger partial charge is 0.326 e. The zero-order chi connectivity index (χ0) is 23.4. The van der Waals surface area contributed by atoms with E-state index in [1.807, 2.05) is 32.9 Å². The van der Waals surface area contributed by atoms with Gasteiger partial charge in [-0.2, -0.15) is 5.10 Å². The SMILES string of the molecule is CCC(C(=O)Nc1cccc(Cl)c1C)n1nc(-c2ccc(C)c(NC(C)=O)c2)ccc1=O. The molecule has 7 nitrogen and oxygen atoms in total. The number of hydrogen-bond donors (Lipinski definition) is 2. The monoisotopic (exact) mass is 452 g/mol. The number of nitrogens with zero attached hydrogens (tertiary/aromatic N) is 2. The van der Waals surface area contributed by atoms with Gasteiger partial charge in [0.25, 0.3) is 5.56 Å². The highest BCUT2D eigenvalue weighted by Crippen LogP contribution is 2.26. The van der Waals surface area contributed by atoms with Gasteiger partial charge in [0.1, 0.15) is 6.04 Å². The van der Waals surface area contributed by atoms with E-state index in [0.717, 1.165) is 11.1 Å². The van der Waals surface area contributed by atoms with Gasteiger partial charge in [0, 0.05) is 35.0 Å². The van der Waals surface area contributed by atoms with E-state index in [4.69, 9.17) is 11.6 Å². The smallest absolute Gasteiger partial charge is 0.267 e. The minimum atomic E-state index is -0.805. The van der Waals surface area contributed by atoms with Gasteiger partial charge in [-0.05, 0) is 55.7 Å². The van der Waals surface area contributed by atoms with Crippen LogP contribution in [0.3, 0.4) is 0 Å². The molecule has 0 spiro atoms. The summed E-state index contributed by atoms with van der Waals surface area (Å²) < 4.78 is 1.20. The third-order valence-electron chi connectivity index (χ3n) is 5.18. The highest BCUT2D eigenvalue weighted by molar-refractivity contribution is 6.31. The van der Waals surface area contributed by atoms with E-state index < -0.39 is 6.04 Å². The molecule has 0 aliphatic heterocycles. The molecule has 0 aliphatic rings. The second-order valence-corrected chi connectivity index (χ2v) is 7.95. The minimum Gasteiger partial charge on any atom is -0.326 e. The normalized spacial score (nSPS) is 11.7. The minimum absolute atomic E-state index is 0.179. The van der Waals surface area contributed by atoms with Gasteiger partial charge in [-0.15, -0.1) is 0 Å². The molecule has 0 fully saturated rings. The van der Waals surface area contributed by atoms with Crippen molar-refractivity contribution in [2.75, 3.05) is 10.6 Å². The van der Waals surface area contributed by atoms with E-state index in [2.05, 4.69) is 15.7 Å². The van der Waals surface area contributed by atoms with Gasteiger partial charge in [-0.3, -0.25) is 14.4 Å². The zero-order valence-corrected chi connectivity index (χ0v) is 19.2. The summed E-state index contributed by atoms with van der Waals surface area (Å²) in [5.74, 6) is -0.533. The van der Waals surface area contributed by atoms with Gasteiger partial charge in [-0.25, -0.2) is 4.68 Å². The van der Waals surface area contributed by atoms with Gasteiger partial charge < -0.3 is 10.6 Å². The zero-order valence-electron chi connectivity index (χ0n) is 18.4.